The van der Waals surface area contributed by atoms with E-state index in [2.05, 4.69) is 5.32 Å². The predicted octanol–water partition coefficient (Wildman–Crippen LogP) is 2.48. The summed E-state index contributed by atoms with van der Waals surface area (Å²) in [6.07, 6.45) is 0. The summed E-state index contributed by atoms with van der Waals surface area (Å²) in [5, 5.41) is 11.5. The van der Waals surface area contributed by atoms with Crippen molar-refractivity contribution in [3.8, 4) is 11.5 Å². The molecule has 2 aromatic carbocycles. The van der Waals surface area contributed by atoms with Crippen molar-refractivity contribution in [3.63, 3.8) is 0 Å². The third kappa shape index (κ3) is 5.31. The van der Waals surface area contributed by atoms with Gasteiger partial charge in [0.2, 0.25) is 0 Å². The Bertz CT molecular complexity index is 680. The number of carboxylic acid groups (broad SMARTS) is 1. The summed E-state index contributed by atoms with van der Waals surface area (Å²) in [5.41, 5.74) is 1.03. The molecule has 2 N–H and O–H groups in total. The van der Waals surface area contributed by atoms with Gasteiger partial charge in [-0.05, 0) is 48.9 Å². The summed E-state index contributed by atoms with van der Waals surface area (Å²) in [6, 6.07) is 13.4. The van der Waals surface area contributed by atoms with Gasteiger partial charge in [-0.3, -0.25) is 4.79 Å². The topological polar surface area (TPSA) is 84.9 Å². The summed E-state index contributed by atoms with van der Waals surface area (Å²) in [5.74, 6) is 0.0964. The lowest BCUT2D eigenvalue weighted by atomic mass is 10.1. The number of hydrogen-bond acceptors (Lipinski definition) is 4. The van der Waals surface area contributed by atoms with Crippen LogP contribution in [0.25, 0.3) is 0 Å². The molecule has 2 rings (SSSR count). The molecule has 0 radical (unpaired) electrons. The summed E-state index contributed by atoms with van der Waals surface area (Å²) >= 11 is 0. The van der Waals surface area contributed by atoms with Crippen LogP contribution in [-0.4, -0.2) is 30.2 Å². The Balaban J connectivity index is 1.75. The maximum absolute atomic E-state index is 11.8. The van der Waals surface area contributed by atoms with Crippen molar-refractivity contribution >= 4 is 11.9 Å². The van der Waals surface area contributed by atoms with Crippen LogP contribution >= 0.6 is 0 Å². The van der Waals surface area contributed by atoms with Gasteiger partial charge in [-0.25, -0.2) is 4.79 Å². The molecule has 0 aliphatic rings. The van der Waals surface area contributed by atoms with Crippen LogP contribution < -0.4 is 14.8 Å². The molecule has 0 bridgehead atoms. The van der Waals surface area contributed by atoms with E-state index in [1.165, 1.54) is 12.1 Å². The first-order valence-corrected chi connectivity index (χ1v) is 7.53. The first kappa shape index (κ1) is 17.3. The van der Waals surface area contributed by atoms with Crippen molar-refractivity contribution < 1.29 is 24.2 Å². The highest BCUT2D eigenvalue weighted by Crippen LogP contribution is 2.17. The van der Waals surface area contributed by atoms with E-state index in [0.29, 0.717) is 18.9 Å². The van der Waals surface area contributed by atoms with E-state index in [-0.39, 0.29) is 18.1 Å². The smallest absolute Gasteiger partial charge is 0.335 e. The Morgan fingerprint density at radius 1 is 0.958 bits per heavy atom. The molecule has 2 aromatic rings. The average molecular weight is 329 g/mol. The van der Waals surface area contributed by atoms with Gasteiger partial charge in [-0.2, -0.15) is 0 Å². The van der Waals surface area contributed by atoms with E-state index in [1.54, 1.807) is 36.4 Å². The molecule has 0 aliphatic carbocycles. The zero-order valence-corrected chi connectivity index (χ0v) is 13.3. The second kappa shape index (κ2) is 8.57. The maximum atomic E-state index is 11.8. The predicted molar refractivity (Wildman–Crippen MR) is 88.4 cm³/mol. The van der Waals surface area contributed by atoms with E-state index in [4.69, 9.17) is 14.6 Å². The van der Waals surface area contributed by atoms with Crippen molar-refractivity contribution in [2.45, 2.75) is 13.5 Å². The number of rotatable bonds is 8. The molecule has 0 atom stereocenters. The number of carboxylic acids is 1. The molecule has 24 heavy (non-hydrogen) atoms. The van der Waals surface area contributed by atoms with Crippen molar-refractivity contribution in [1.82, 2.24) is 5.32 Å². The fourth-order valence-electron chi connectivity index (χ4n) is 1.96. The lowest BCUT2D eigenvalue weighted by Gasteiger charge is -2.09. The maximum Gasteiger partial charge on any atom is 0.335 e. The lowest BCUT2D eigenvalue weighted by Crippen LogP contribution is -2.28. The van der Waals surface area contributed by atoms with Gasteiger partial charge >= 0.3 is 5.97 Å². The fraction of sp³-hybridized carbons (Fsp3) is 0.222. The quantitative estimate of drug-likeness (QED) is 0.777. The Labute approximate surface area is 140 Å². The molecule has 0 aliphatic heterocycles. The molecular weight excluding hydrogens is 310 g/mol. The minimum atomic E-state index is -0.977. The lowest BCUT2D eigenvalue weighted by molar-refractivity contribution is -0.123. The molecule has 0 aromatic heterocycles. The number of amides is 1. The normalized spacial score (nSPS) is 10.0. The van der Waals surface area contributed by atoms with Crippen LogP contribution in [0.15, 0.2) is 48.5 Å². The van der Waals surface area contributed by atoms with Gasteiger partial charge < -0.3 is 19.9 Å². The van der Waals surface area contributed by atoms with E-state index in [1.807, 2.05) is 6.92 Å². The number of hydrogen-bond donors (Lipinski definition) is 2. The van der Waals surface area contributed by atoms with Gasteiger partial charge in [0.05, 0.1) is 12.2 Å². The minimum Gasteiger partial charge on any atom is -0.494 e. The SMILES string of the molecule is CCOc1ccc(OCC(=O)NCc2ccc(C(=O)O)cc2)cc1. The van der Waals surface area contributed by atoms with Crippen molar-refractivity contribution in [1.29, 1.82) is 0 Å². The molecule has 1 amide bonds. The summed E-state index contributed by atoms with van der Waals surface area (Å²) in [6.45, 7) is 2.71. The van der Waals surface area contributed by atoms with Gasteiger partial charge in [0, 0.05) is 6.54 Å². The van der Waals surface area contributed by atoms with E-state index in [0.717, 1.165) is 11.3 Å². The Kier molecular flexibility index (Phi) is 6.19. The zero-order valence-electron chi connectivity index (χ0n) is 13.3. The van der Waals surface area contributed by atoms with Gasteiger partial charge in [-0.1, -0.05) is 12.1 Å². The van der Waals surface area contributed by atoms with E-state index in [9.17, 15) is 9.59 Å². The summed E-state index contributed by atoms with van der Waals surface area (Å²) in [7, 11) is 0. The third-order valence-corrected chi connectivity index (χ3v) is 3.20. The zero-order chi connectivity index (χ0) is 17.4. The molecule has 6 heteroatoms. The summed E-state index contributed by atoms with van der Waals surface area (Å²) in [4.78, 5) is 22.5. The number of ether oxygens (including phenoxy) is 2. The second-order valence-electron chi connectivity index (χ2n) is 4.97. The van der Waals surface area contributed by atoms with Crippen molar-refractivity contribution in [2.75, 3.05) is 13.2 Å². The number of nitrogens with one attached hydrogen (secondary N) is 1. The Morgan fingerprint density at radius 3 is 2.08 bits per heavy atom. The second-order valence-corrected chi connectivity index (χ2v) is 4.97. The molecule has 0 fully saturated rings. The fourth-order valence-corrected chi connectivity index (χ4v) is 1.96. The standard InChI is InChI=1S/C18H19NO5/c1-2-23-15-7-9-16(10-8-15)24-12-17(20)19-11-13-3-5-14(6-4-13)18(21)22/h3-10H,2,11-12H2,1H3,(H,19,20)(H,21,22). The van der Waals surface area contributed by atoms with Gasteiger partial charge in [0.15, 0.2) is 6.61 Å². The largest absolute Gasteiger partial charge is 0.494 e. The number of carbonyl (C=O) groups is 2. The highest BCUT2D eigenvalue weighted by Gasteiger charge is 2.05. The molecule has 0 spiro atoms. The van der Waals surface area contributed by atoms with Crippen LogP contribution in [0.3, 0.4) is 0 Å². The van der Waals surface area contributed by atoms with Crippen LogP contribution in [0.5, 0.6) is 11.5 Å². The van der Waals surface area contributed by atoms with E-state index >= 15 is 0 Å². The number of carbonyl (C=O) groups excluding carboxylic acids is 1. The highest BCUT2D eigenvalue weighted by atomic mass is 16.5. The van der Waals surface area contributed by atoms with Crippen LogP contribution in [0.1, 0.15) is 22.8 Å². The van der Waals surface area contributed by atoms with Gasteiger partial charge in [0.1, 0.15) is 11.5 Å². The highest BCUT2D eigenvalue weighted by molar-refractivity contribution is 5.87. The van der Waals surface area contributed by atoms with Crippen LogP contribution in [0.2, 0.25) is 0 Å². The summed E-state index contributed by atoms with van der Waals surface area (Å²) < 4.78 is 10.7. The monoisotopic (exact) mass is 329 g/mol. The molecule has 0 heterocycles. The van der Waals surface area contributed by atoms with Crippen molar-refractivity contribution in [2.24, 2.45) is 0 Å². The van der Waals surface area contributed by atoms with Gasteiger partial charge in [-0.15, -0.1) is 0 Å². The van der Waals surface area contributed by atoms with Crippen molar-refractivity contribution in [3.05, 3.63) is 59.7 Å². The van der Waals surface area contributed by atoms with Crippen LogP contribution in [0, 0.1) is 0 Å². The first-order valence-electron chi connectivity index (χ1n) is 7.53. The molecule has 0 unspecified atom stereocenters. The third-order valence-electron chi connectivity index (χ3n) is 3.20. The molecule has 0 saturated carbocycles. The van der Waals surface area contributed by atoms with Crippen LogP contribution in [0.4, 0.5) is 0 Å². The number of aromatic carboxylic acids is 1. The van der Waals surface area contributed by atoms with Crippen LogP contribution in [-0.2, 0) is 11.3 Å². The molecule has 126 valence electrons. The Hall–Kier alpha value is -3.02. The van der Waals surface area contributed by atoms with Gasteiger partial charge in [0.25, 0.3) is 5.91 Å². The first-order chi connectivity index (χ1) is 11.6. The Morgan fingerprint density at radius 2 is 1.54 bits per heavy atom. The number of benzene rings is 2. The molecular formula is C18H19NO5. The average Bonchev–Trinajstić information content (AvgIpc) is 2.60. The molecule has 6 nitrogen and oxygen atoms in total. The minimum absolute atomic E-state index is 0.0960. The van der Waals surface area contributed by atoms with E-state index < -0.39 is 5.97 Å². The molecule has 0 saturated heterocycles.